The van der Waals surface area contributed by atoms with Crippen molar-refractivity contribution in [2.24, 2.45) is 0 Å². The lowest BCUT2D eigenvalue weighted by molar-refractivity contribution is 0.262. The van der Waals surface area contributed by atoms with Gasteiger partial charge in [0.25, 0.3) is 0 Å². The number of rotatable bonds is 2. The van der Waals surface area contributed by atoms with Crippen LogP contribution in [0.2, 0.25) is 5.02 Å². The summed E-state index contributed by atoms with van der Waals surface area (Å²) < 4.78 is 0. The number of benzene rings is 2. The molecule has 3 N–H and O–H groups in total. The fraction of sp³-hybridized carbons (Fsp3) is 0.125. The largest absolute Gasteiger partial charge is 0.326 e. The summed E-state index contributed by atoms with van der Waals surface area (Å²) in [5, 5.41) is 6.02. The molecule has 0 saturated carbocycles. The molecule has 0 bridgehead atoms. The maximum Gasteiger partial charge on any atom is 0.326 e. The van der Waals surface area contributed by atoms with Crippen molar-refractivity contribution in [2.75, 3.05) is 10.6 Å². The number of aromatic amines is 1. The van der Waals surface area contributed by atoms with E-state index in [0.29, 0.717) is 16.7 Å². The van der Waals surface area contributed by atoms with E-state index in [4.69, 9.17) is 11.6 Å². The Morgan fingerprint density at radius 2 is 1.77 bits per heavy atom. The van der Waals surface area contributed by atoms with Crippen molar-refractivity contribution in [3.63, 3.8) is 0 Å². The minimum Gasteiger partial charge on any atom is -0.324 e. The van der Waals surface area contributed by atoms with Crippen LogP contribution in [0.5, 0.6) is 0 Å². The number of carbonyl (C=O) groups is 1. The average Bonchev–Trinajstić information content (AvgIpc) is 2.83. The molecule has 2 amide bonds. The Bertz CT molecular complexity index is 800. The molecule has 22 heavy (non-hydrogen) atoms. The van der Waals surface area contributed by atoms with Gasteiger partial charge in [-0.25, -0.2) is 9.78 Å². The molecule has 0 unspecified atom stereocenters. The van der Waals surface area contributed by atoms with Gasteiger partial charge in [-0.2, -0.15) is 0 Å². The maximum atomic E-state index is 12.0. The van der Waals surface area contributed by atoms with Gasteiger partial charge in [-0.1, -0.05) is 11.6 Å². The molecule has 6 heteroatoms. The smallest absolute Gasteiger partial charge is 0.324 e. The van der Waals surface area contributed by atoms with Crippen LogP contribution in [0.3, 0.4) is 0 Å². The predicted molar refractivity (Wildman–Crippen MR) is 89.7 cm³/mol. The van der Waals surface area contributed by atoms with Gasteiger partial charge in [0.05, 0.1) is 11.0 Å². The van der Waals surface area contributed by atoms with Crippen LogP contribution < -0.4 is 10.6 Å². The van der Waals surface area contributed by atoms with E-state index in [1.54, 1.807) is 24.3 Å². The fourth-order valence-electron chi connectivity index (χ4n) is 2.13. The topological polar surface area (TPSA) is 69.8 Å². The summed E-state index contributed by atoms with van der Waals surface area (Å²) in [6.45, 7) is 4.07. The average molecular weight is 315 g/mol. The van der Waals surface area contributed by atoms with Gasteiger partial charge >= 0.3 is 6.03 Å². The Hall–Kier alpha value is -2.53. The van der Waals surface area contributed by atoms with Crippen LogP contribution in [0.15, 0.2) is 36.4 Å². The Morgan fingerprint density at radius 3 is 2.50 bits per heavy atom. The third-order valence-electron chi connectivity index (χ3n) is 3.43. The first-order valence-corrected chi connectivity index (χ1v) is 7.19. The van der Waals surface area contributed by atoms with Crippen LogP contribution in [0.4, 0.5) is 16.4 Å². The summed E-state index contributed by atoms with van der Waals surface area (Å²) in [5.41, 5.74) is 4.71. The molecule has 0 fully saturated rings. The Labute approximate surface area is 132 Å². The highest BCUT2D eigenvalue weighted by Gasteiger charge is 2.08. The summed E-state index contributed by atoms with van der Waals surface area (Å²) in [7, 11) is 0. The highest BCUT2D eigenvalue weighted by atomic mass is 35.5. The first-order chi connectivity index (χ1) is 10.5. The van der Waals surface area contributed by atoms with E-state index in [-0.39, 0.29) is 6.03 Å². The zero-order valence-corrected chi connectivity index (χ0v) is 13.0. The number of carbonyl (C=O) groups excluding carboxylic acids is 1. The standard InChI is InChI=1S/C16H15ClN4O/c1-9-7-13-14(8-10(9)2)20-15(19-13)21-16(22)18-12-5-3-11(17)4-6-12/h3-8H,1-2H3,(H3,18,19,20,21,22). The Kier molecular flexibility index (Phi) is 3.73. The maximum absolute atomic E-state index is 12.0. The van der Waals surface area contributed by atoms with Crippen LogP contribution >= 0.6 is 11.6 Å². The molecular formula is C16H15ClN4O. The molecule has 0 atom stereocenters. The first kappa shape index (κ1) is 14.4. The number of hydrogen-bond acceptors (Lipinski definition) is 2. The Balaban J connectivity index is 1.75. The van der Waals surface area contributed by atoms with E-state index in [1.807, 2.05) is 26.0 Å². The van der Waals surface area contributed by atoms with Gasteiger partial charge in [0.1, 0.15) is 0 Å². The lowest BCUT2D eigenvalue weighted by atomic mass is 10.1. The van der Waals surface area contributed by atoms with Crippen LogP contribution in [0.25, 0.3) is 11.0 Å². The molecule has 1 aromatic heterocycles. The number of anilines is 2. The number of aromatic nitrogens is 2. The molecule has 5 nitrogen and oxygen atoms in total. The molecule has 3 rings (SSSR count). The van der Waals surface area contributed by atoms with Crippen molar-refractivity contribution in [2.45, 2.75) is 13.8 Å². The highest BCUT2D eigenvalue weighted by Crippen LogP contribution is 2.19. The molecule has 3 aromatic rings. The molecule has 0 aliphatic heterocycles. The van der Waals surface area contributed by atoms with E-state index in [1.165, 1.54) is 5.56 Å². The van der Waals surface area contributed by atoms with Crippen LogP contribution in [-0.4, -0.2) is 16.0 Å². The first-order valence-electron chi connectivity index (χ1n) is 6.82. The lowest BCUT2D eigenvalue weighted by Crippen LogP contribution is -2.20. The van der Waals surface area contributed by atoms with Crippen molar-refractivity contribution >= 4 is 40.3 Å². The quantitative estimate of drug-likeness (QED) is 0.653. The lowest BCUT2D eigenvalue weighted by Gasteiger charge is -2.05. The number of imidazole rings is 1. The number of urea groups is 1. The molecule has 0 saturated heterocycles. The number of amides is 2. The van der Waals surface area contributed by atoms with Crippen molar-refractivity contribution in [3.8, 4) is 0 Å². The Morgan fingerprint density at radius 1 is 1.09 bits per heavy atom. The number of halogens is 1. The molecule has 2 aromatic carbocycles. The molecule has 1 heterocycles. The molecule has 112 valence electrons. The third kappa shape index (κ3) is 3.04. The molecule has 0 aliphatic carbocycles. The zero-order valence-electron chi connectivity index (χ0n) is 12.2. The van der Waals surface area contributed by atoms with Gasteiger partial charge < -0.3 is 10.3 Å². The van der Waals surface area contributed by atoms with Gasteiger partial charge in [0.15, 0.2) is 0 Å². The van der Waals surface area contributed by atoms with Gasteiger partial charge in [0, 0.05) is 10.7 Å². The van der Waals surface area contributed by atoms with Crippen molar-refractivity contribution in [3.05, 3.63) is 52.5 Å². The van der Waals surface area contributed by atoms with Gasteiger partial charge in [-0.05, 0) is 61.4 Å². The van der Waals surface area contributed by atoms with E-state index in [9.17, 15) is 4.79 Å². The zero-order chi connectivity index (χ0) is 15.7. The minimum atomic E-state index is -0.366. The SMILES string of the molecule is Cc1cc2nc(NC(=O)Nc3ccc(Cl)cc3)[nH]c2cc1C. The van der Waals surface area contributed by atoms with Crippen molar-refractivity contribution < 1.29 is 4.79 Å². The summed E-state index contributed by atoms with van der Waals surface area (Å²) in [5.74, 6) is 0.409. The van der Waals surface area contributed by atoms with E-state index in [0.717, 1.165) is 16.6 Å². The van der Waals surface area contributed by atoms with Crippen molar-refractivity contribution in [1.29, 1.82) is 0 Å². The number of nitrogens with one attached hydrogen (secondary N) is 3. The summed E-state index contributed by atoms with van der Waals surface area (Å²) >= 11 is 5.81. The second-order valence-corrected chi connectivity index (χ2v) is 5.56. The van der Waals surface area contributed by atoms with Gasteiger partial charge in [-0.3, -0.25) is 5.32 Å². The van der Waals surface area contributed by atoms with E-state index >= 15 is 0 Å². The third-order valence-corrected chi connectivity index (χ3v) is 3.68. The molecule has 0 radical (unpaired) electrons. The van der Waals surface area contributed by atoms with E-state index < -0.39 is 0 Å². The number of H-pyrrole nitrogens is 1. The van der Waals surface area contributed by atoms with Crippen molar-refractivity contribution in [1.82, 2.24) is 9.97 Å². The molecule has 0 spiro atoms. The summed E-state index contributed by atoms with van der Waals surface area (Å²) in [6.07, 6.45) is 0. The number of hydrogen-bond donors (Lipinski definition) is 3. The second-order valence-electron chi connectivity index (χ2n) is 5.13. The monoisotopic (exact) mass is 314 g/mol. The van der Waals surface area contributed by atoms with E-state index in [2.05, 4.69) is 20.6 Å². The number of nitrogens with zero attached hydrogens (tertiary/aromatic N) is 1. The molecule has 0 aliphatic rings. The highest BCUT2D eigenvalue weighted by molar-refractivity contribution is 6.30. The van der Waals surface area contributed by atoms with Gasteiger partial charge in [-0.15, -0.1) is 0 Å². The summed E-state index contributed by atoms with van der Waals surface area (Å²) in [4.78, 5) is 19.4. The number of aryl methyl sites for hydroxylation is 2. The normalized spacial score (nSPS) is 10.7. The van der Waals surface area contributed by atoms with Crippen LogP contribution in [0.1, 0.15) is 11.1 Å². The second kappa shape index (κ2) is 5.69. The molecular weight excluding hydrogens is 300 g/mol. The minimum absolute atomic E-state index is 0.366. The predicted octanol–water partition coefficient (Wildman–Crippen LogP) is 4.48. The van der Waals surface area contributed by atoms with Crippen LogP contribution in [-0.2, 0) is 0 Å². The van der Waals surface area contributed by atoms with Gasteiger partial charge in [0.2, 0.25) is 5.95 Å². The fourth-order valence-corrected chi connectivity index (χ4v) is 2.26. The summed E-state index contributed by atoms with van der Waals surface area (Å²) in [6, 6.07) is 10.5. The number of fused-ring (bicyclic) bond motifs is 1. The van der Waals surface area contributed by atoms with Crippen LogP contribution in [0, 0.1) is 13.8 Å².